The quantitative estimate of drug-likeness (QED) is 0.799. The summed E-state index contributed by atoms with van der Waals surface area (Å²) in [4.78, 5) is 2.03. The monoisotopic (exact) mass is 272 g/mol. The van der Waals surface area contributed by atoms with Crippen LogP contribution in [0.5, 0.6) is 11.5 Å². The van der Waals surface area contributed by atoms with Gasteiger partial charge in [0.1, 0.15) is 11.5 Å². The minimum absolute atomic E-state index is 0.0925. The second kappa shape index (κ2) is 5.74. The molecular weight excluding hydrogens is 252 g/mol. The maximum atomic E-state index is 9.85. The molecule has 2 aromatic rings. The van der Waals surface area contributed by atoms with Crippen molar-refractivity contribution in [2.45, 2.75) is 13.0 Å². The van der Waals surface area contributed by atoms with E-state index in [9.17, 15) is 10.2 Å². The molecule has 0 aliphatic rings. The molecule has 0 saturated heterocycles. The largest absolute Gasteiger partial charge is 0.507 e. The standard InChI is InChI=1S/C16H20N2O2/c1-11(16-14(19)5-4-6-15(16)20)17-12-7-9-13(10-8-12)18(2)3/h4-11,17,19-20H,1-3H3. The average molecular weight is 272 g/mol. The Bertz CT molecular complexity index is 559. The van der Waals surface area contributed by atoms with E-state index in [1.807, 2.05) is 50.2 Å². The van der Waals surface area contributed by atoms with Gasteiger partial charge in [0.2, 0.25) is 0 Å². The van der Waals surface area contributed by atoms with Crippen LogP contribution >= 0.6 is 0 Å². The summed E-state index contributed by atoms with van der Waals surface area (Å²) in [6.45, 7) is 1.90. The van der Waals surface area contributed by atoms with E-state index in [1.165, 1.54) is 0 Å². The summed E-state index contributed by atoms with van der Waals surface area (Å²) >= 11 is 0. The van der Waals surface area contributed by atoms with Crippen molar-refractivity contribution in [3.63, 3.8) is 0 Å². The van der Waals surface area contributed by atoms with E-state index in [0.717, 1.165) is 11.4 Å². The van der Waals surface area contributed by atoms with Gasteiger partial charge in [0.05, 0.1) is 11.6 Å². The van der Waals surface area contributed by atoms with E-state index in [0.29, 0.717) is 5.56 Å². The number of phenols is 2. The molecule has 0 aromatic heterocycles. The van der Waals surface area contributed by atoms with Crippen LogP contribution < -0.4 is 10.2 Å². The molecular formula is C16H20N2O2. The minimum Gasteiger partial charge on any atom is -0.507 e. The third-order valence-electron chi connectivity index (χ3n) is 3.26. The normalized spacial score (nSPS) is 11.9. The molecule has 20 heavy (non-hydrogen) atoms. The number of phenolic OH excluding ortho intramolecular Hbond substituents is 2. The molecule has 0 bridgehead atoms. The molecule has 0 aliphatic carbocycles. The van der Waals surface area contributed by atoms with Crippen LogP contribution in [0, 0.1) is 0 Å². The third-order valence-corrected chi connectivity index (χ3v) is 3.26. The van der Waals surface area contributed by atoms with Gasteiger partial charge in [-0.05, 0) is 43.3 Å². The average Bonchev–Trinajstić information content (AvgIpc) is 2.39. The lowest BCUT2D eigenvalue weighted by atomic mass is 10.1. The Morgan fingerprint density at radius 2 is 1.50 bits per heavy atom. The highest BCUT2D eigenvalue weighted by Crippen LogP contribution is 2.34. The minimum atomic E-state index is -0.193. The first-order chi connectivity index (χ1) is 9.49. The van der Waals surface area contributed by atoms with Crippen molar-refractivity contribution >= 4 is 11.4 Å². The molecule has 1 unspecified atom stereocenters. The van der Waals surface area contributed by atoms with Crippen molar-refractivity contribution in [2.24, 2.45) is 0 Å². The van der Waals surface area contributed by atoms with Gasteiger partial charge in [0, 0.05) is 25.5 Å². The van der Waals surface area contributed by atoms with Gasteiger partial charge < -0.3 is 20.4 Å². The van der Waals surface area contributed by atoms with Gasteiger partial charge in [-0.25, -0.2) is 0 Å². The van der Waals surface area contributed by atoms with Crippen molar-refractivity contribution in [1.29, 1.82) is 0 Å². The third kappa shape index (κ3) is 2.96. The molecule has 0 amide bonds. The van der Waals surface area contributed by atoms with Crippen LogP contribution in [0.2, 0.25) is 0 Å². The second-order valence-corrected chi connectivity index (χ2v) is 5.02. The number of benzene rings is 2. The number of hydrogen-bond donors (Lipinski definition) is 3. The maximum absolute atomic E-state index is 9.85. The summed E-state index contributed by atoms with van der Waals surface area (Å²) in [5.41, 5.74) is 2.56. The van der Waals surface area contributed by atoms with E-state index >= 15 is 0 Å². The molecule has 0 fully saturated rings. The molecule has 0 aliphatic heterocycles. The fourth-order valence-corrected chi connectivity index (χ4v) is 2.16. The fourth-order valence-electron chi connectivity index (χ4n) is 2.16. The number of nitrogens with zero attached hydrogens (tertiary/aromatic N) is 1. The highest BCUT2D eigenvalue weighted by molar-refractivity contribution is 5.56. The Morgan fingerprint density at radius 3 is 2.00 bits per heavy atom. The molecule has 106 valence electrons. The zero-order valence-electron chi connectivity index (χ0n) is 12.0. The first-order valence-electron chi connectivity index (χ1n) is 6.54. The Balaban J connectivity index is 2.17. The van der Waals surface area contributed by atoms with E-state index in [1.54, 1.807) is 18.2 Å². The van der Waals surface area contributed by atoms with Crippen molar-refractivity contribution in [2.75, 3.05) is 24.3 Å². The van der Waals surface area contributed by atoms with Crippen LogP contribution in [0.1, 0.15) is 18.5 Å². The summed E-state index contributed by atoms with van der Waals surface area (Å²) in [6.07, 6.45) is 0. The highest BCUT2D eigenvalue weighted by Gasteiger charge is 2.14. The molecule has 0 spiro atoms. The van der Waals surface area contributed by atoms with Crippen LogP contribution in [0.15, 0.2) is 42.5 Å². The fraction of sp³-hybridized carbons (Fsp3) is 0.250. The van der Waals surface area contributed by atoms with E-state index in [2.05, 4.69) is 5.32 Å². The number of hydrogen-bond acceptors (Lipinski definition) is 4. The van der Waals surface area contributed by atoms with Crippen LogP contribution in [0.3, 0.4) is 0 Å². The molecule has 2 aromatic carbocycles. The van der Waals surface area contributed by atoms with Crippen molar-refractivity contribution in [3.05, 3.63) is 48.0 Å². The van der Waals surface area contributed by atoms with Gasteiger partial charge in [-0.3, -0.25) is 0 Å². The smallest absolute Gasteiger partial charge is 0.124 e. The van der Waals surface area contributed by atoms with Gasteiger partial charge in [-0.2, -0.15) is 0 Å². The van der Waals surface area contributed by atoms with E-state index < -0.39 is 0 Å². The van der Waals surface area contributed by atoms with Gasteiger partial charge in [-0.1, -0.05) is 6.07 Å². The maximum Gasteiger partial charge on any atom is 0.124 e. The van der Waals surface area contributed by atoms with Gasteiger partial charge in [-0.15, -0.1) is 0 Å². The summed E-state index contributed by atoms with van der Waals surface area (Å²) in [5, 5.41) is 23.0. The van der Waals surface area contributed by atoms with Gasteiger partial charge in [0.15, 0.2) is 0 Å². The molecule has 0 heterocycles. The number of nitrogens with one attached hydrogen (secondary N) is 1. The van der Waals surface area contributed by atoms with E-state index in [4.69, 9.17) is 0 Å². The van der Waals surface area contributed by atoms with E-state index in [-0.39, 0.29) is 17.5 Å². The molecule has 0 saturated carbocycles. The van der Waals surface area contributed by atoms with Crippen LogP contribution in [0.4, 0.5) is 11.4 Å². The van der Waals surface area contributed by atoms with Crippen LogP contribution in [-0.2, 0) is 0 Å². The van der Waals surface area contributed by atoms with Crippen LogP contribution in [-0.4, -0.2) is 24.3 Å². The first kappa shape index (κ1) is 14.1. The molecule has 4 nitrogen and oxygen atoms in total. The lowest BCUT2D eigenvalue weighted by Gasteiger charge is -2.19. The predicted molar refractivity (Wildman–Crippen MR) is 82.6 cm³/mol. The Hall–Kier alpha value is -2.36. The Labute approximate surface area is 119 Å². The van der Waals surface area contributed by atoms with Gasteiger partial charge in [0.25, 0.3) is 0 Å². The topological polar surface area (TPSA) is 55.7 Å². The molecule has 2 rings (SSSR count). The Kier molecular flexibility index (Phi) is 4.03. The lowest BCUT2D eigenvalue weighted by Crippen LogP contribution is -2.09. The zero-order valence-corrected chi connectivity index (χ0v) is 12.0. The molecule has 0 radical (unpaired) electrons. The first-order valence-corrected chi connectivity index (χ1v) is 6.54. The van der Waals surface area contributed by atoms with Crippen molar-refractivity contribution in [1.82, 2.24) is 0 Å². The molecule has 3 N–H and O–H groups in total. The van der Waals surface area contributed by atoms with Crippen molar-refractivity contribution < 1.29 is 10.2 Å². The zero-order chi connectivity index (χ0) is 14.7. The number of rotatable bonds is 4. The molecule has 4 heteroatoms. The molecule has 1 atom stereocenters. The highest BCUT2D eigenvalue weighted by atomic mass is 16.3. The summed E-state index contributed by atoms with van der Waals surface area (Å²) in [5.74, 6) is 0.185. The van der Waals surface area contributed by atoms with Gasteiger partial charge >= 0.3 is 0 Å². The summed E-state index contributed by atoms with van der Waals surface area (Å²) < 4.78 is 0. The van der Waals surface area contributed by atoms with Crippen LogP contribution in [0.25, 0.3) is 0 Å². The number of aromatic hydroxyl groups is 2. The Morgan fingerprint density at radius 1 is 0.950 bits per heavy atom. The second-order valence-electron chi connectivity index (χ2n) is 5.02. The summed E-state index contributed by atoms with van der Waals surface area (Å²) in [6, 6.07) is 12.5. The van der Waals surface area contributed by atoms with Crippen molar-refractivity contribution in [3.8, 4) is 11.5 Å². The SMILES string of the molecule is CC(Nc1ccc(N(C)C)cc1)c1c(O)cccc1O. The summed E-state index contributed by atoms with van der Waals surface area (Å²) in [7, 11) is 3.98. The predicted octanol–water partition coefficient (Wildman–Crippen LogP) is 3.34. The number of anilines is 2. The lowest BCUT2D eigenvalue weighted by molar-refractivity contribution is 0.434.